The molecule has 0 radical (unpaired) electrons. The Balaban J connectivity index is 1.75. The van der Waals surface area contributed by atoms with Crippen molar-refractivity contribution in [1.29, 1.82) is 0 Å². The molecule has 0 spiro atoms. The summed E-state index contributed by atoms with van der Waals surface area (Å²) in [5, 5.41) is 3.48. The summed E-state index contributed by atoms with van der Waals surface area (Å²) in [7, 11) is -1.51. The zero-order valence-corrected chi connectivity index (χ0v) is 23.0. The Labute approximate surface area is 231 Å². The maximum Gasteiger partial charge on any atom is 0.310 e. The first-order valence-corrected chi connectivity index (χ1v) is 13.9. The highest BCUT2D eigenvalue weighted by atomic mass is 35.5. The number of halogens is 2. The molecule has 1 heterocycles. The Morgan fingerprint density at radius 1 is 0.974 bits per heavy atom. The predicted octanol–water partition coefficient (Wildman–Crippen LogP) is 4.61. The second-order valence-corrected chi connectivity index (χ2v) is 11.5. The van der Waals surface area contributed by atoms with Crippen molar-refractivity contribution in [3.63, 3.8) is 0 Å². The van der Waals surface area contributed by atoms with Crippen molar-refractivity contribution in [3.05, 3.63) is 94.0 Å². The van der Waals surface area contributed by atoms with E-state index in [1.54, 1.807) is 61.7 Å². The highest BCUT2D eigenvalue weighted by molar-refractivity contribution is 7.89. The van der Waals surface area contributed by atoms with E-state index < -0.39 is 39.9 Å². The number of amides is 1. The quantitative estimate of drug-likeness (QED) is 0.393. The molecule has 1 N–H and O–H groups in total. The Kier molecular flexibility index (Phi) is 8.62. The van der Waals surface area contributed by atoms with E-state index in [4.69, 9.17) is 32.7 Å². The first-order valence-electron chi connectivity index (χ1n) is 11.7. The number of hydrogen-bond donors (Lipinski definition) is 1. The number of carbonyl (C=O) groups is 2. The van der Waals surface area contributed by atoms with E-state index in [0.717, 1.165) is 9.87 Å². The minimum absolute atomic E-state index is 0.0752. The minimum atomic E-state index is -4.30. The summed E-state index contributed by atoms with van der Waals surface area (Å²) in [6.07, 6.45) is -0.0752. The number of methoxy groups -OCH3 is 2. The van der Waals surface area contributed by atoms with E-state index in [-0.39, 0.29) is 22.9 Å². The number of nitrogens with zero attached hydrogens (tertiary/aromatic N) is 1. The molecule has 200 valence electrons. The zero-order valence-electron chi connectivity index (χ0n) is 20.6. The Bertz CT molecular complexity index is 1410. The van der Waals surface area contributed by atoms with E-state index in [2.05, 4.69) is 5.32 Å². The smallest absolute Gasteiger partial charge is 0.310 e. The highest BCUT2D eigenvalue weighted by Crippen LogP contribution is 2.45. The normalized spacial score (nSPS) is 19.6. The molecular formula is C27H26Cl2N2O6S. The van der Waals surface area contributed by atoms with Gasteiger partial charge in [-0.05, 0) is 60.0 Å². The van der Waals surface area contributed by atoms with Crippen LogP contribution in [0, 0.1) is 5.92 Å². The van der Waals surface area contributed by atoms with Crippen LogP contribution in [0.25, 0.3) is 0 Å². The lowest BCUT2D eigenvalue weighted by Gasteiger charge is -2.30. The van der Waals surface area contributed by atoms with E-state index in [1.165, 1.54) is 25.3 Å². The summed E-state index contributed by atoms with van der Waals surface area (Å²) in [5.74, 6) is -1.44. The molecule has 0 aromatic heterocycles. The molecule has 3 aromatic carbocycles. The summed E-state index contributed by atoms with van der Waals surface area (Å²) in [6, 6.07) is 17.2. The van der Waals surface area contributed by atoms with Crippen LogP contribution in [0.5, 0.6) is 5.75 Å². The van der Waals surface area contributed by atoms with Crippen LogP contribution >= 0.6 is 23.2 Å². The van der Waals surface area contributed by atoms with Gasteiger partial charge in [-0.15, -0.1) is 0 Å². The van der Waals surface area contributed by atoms with Crippen LogP contribution in [0.1, 0.15) is 23.6 Å². The summed E-state index contributed by atoms with van der Waals surface area (Å²) in [5.41, 5.74) is 1.29. The molecule has 38 heavy (non-hydrogen) atoms. The number of benzene rings is 3. The van der Waals surface area contributed by atoms with Gasteiger partial charge in [-0.25, -0.2) is 8.42 Å². The average molecular weight is 577 g/mol. The molecule has 4 rings (SSSR count). The maximum atomic E-state index is 14.0. The Hall–Kier alpha value is -3.11. The first kappa shape index (κ1) is 27.9. The molecule has 3 atom stereocenters. The topological polar surface area (TPSA) is 102 Å². The van der Waals surface area contributed by atoms with Gasteiger partial charge in [0.15, 0.2) is 0 Å². The van der Waals surface area contributed by atoms with Gasteiger partial charge in [-0.1, -0.05) is 53.5 Å². The summed E-state index contributed by atoms with van der Waals surface area (Å²) in [4.78, 5) is 26.3. The summed E-state index contributed by atoms with van der Waals surface area (Å²) in [6.45, 7) is 0.152. The Morgan fingerprint density at radius 2 is 1.66 bits per heavy atom. The van der Waals surface area contributed by atoms with Crippen molar-refractivity contribution in [2.75, 3.05) is 14.2 Å². The summed E-state index contributed by atoms with van der Waals surface area (Å²) >= 11 is 12.2. The molecule has 1 aliphatic heterocycles. The van der Waals surface area contributed by atoms with Gasteiger partial charge in [0.25, 0.3) is 0 Å². The third-order valence-electron chi connectivity index (χ3n) is 6.46. The molecule has 8 nitrogen and oxygen atoms in total. The maximum absolute atomic E-state index is 14.0. The van der Waals surface area contributed by atoms with Gasteiger partial charge in [0.1, 0.15) is 11.8 Å². The summed E-state index contributed by atoms with van der Waals surface area (Å²) < 4.78 is 39.4. The number of esters is 1. The number of hydrogen-bond acceptors (Lipinski definition) is 6. The van der Waals surface area contributed by atoms with Gasteiger partial charge in [0, 0.05) is 16.6 Å². The van der Waals surface area contributed by atoms with Crippen LogP contribution in [-0.2, 0) is 30.9 Å². The number of nitrogens with one attached hydrogen (secondary N) is 1. The van der Waals surface area contributed by atoms with Crippen molar-refractivity contribution in [3.8, 4) is 5.75 Å². The molecule has 1 fully saturated rings. The number of ether oxygens (including phenoxy) is 2. The van der Waals surface area contributed by atoms with Crippen molar-refractivity contribution >= 4 is 45.1 Å². The molecule has 3 unspecified atom stereocenters. The van der Waals surface area contributed by atoms with Crippen molar-refractivity contribution in [1.82, 2.24) is 9.62 Å². The van der Waals surface area contributed by atoms with Gasteiger partial charge in [-0.3, -0.25) is 9.59 Å². The first-order chi connectivity index (χ1) is 18.1. The van der Waals surface area contributed by atoms with E-state index >= 15 is 0 Å². The molecule has 0 saturated carbocycles. The van der Waals surface area contributed by atoms with Crippen LogP contribution in [0.15, 0.2) is 77.7 Å². The molecule has 0 bridgehead atoms. The number of sulfonamides is 1. The fraction of sp³-hybridized carbons (Fsp3) is 0.259. The van der Waals surface area contributed by atoms with Gasteiger partial charge < -0.3 is 14.8 Å². The van der Waals surface area contributed by atoms with Gasteiger partial charge in [0.05, 0.1) is 31.1 Å². The molecule has 3 aromatic rings. The lowest BCUT2D eigenvalue weighted by molar-refractivity contribution is -0.146. The third kappa shape index (κ3) is 5.81. The largest absolute Gasteiger partial charge is 0.497 e. The van der Waals surface area contributed by atoms with Crippen LogP contribution in [0.2, 0.25) is 10.0 Å². The Morgan fingerprint density at radius 3 is 2.26 bits per heavy atom. The monoisotopic (exact) mass is 576 g/mol. The van der Waals surface area contributed by atoms with Crippen molar-refractivity contribution in [2.45, 2.75) is 29.9 Å². The SMILES string of the molecule is COC(=O)C1CC(C(=O)NCc2ccc(OC)cc2)N(S(=O)(=O)c2cccc(Cl)c2)C1c1ccc(Cl)cc1. The fourth-order valence-electron chi connectivity index (χ4n) is 4.60. The van der Waals surface area contributed by atoms with Gasteiger partial charge in [-0.2, -0.15) is 4.31 Å². The van der Waals surface area contributed by atoms with Crippen molar-refractivity contribution in [2.24, 2.45) is 5.92 Å². The van der Waals surface area contributed by atoms with E-state index in [9.17, 15) is 18.0 Å². The molecule has 1 amide bonds. The molecule has 1 aliphatic rings. The second-order valence-electron chi connectivity index (χ2n) is 8.74. The van der Waals surface area contributed by atoms with E-state index in [1.807, 2.05) is 0 Å². The fourth-order valence-corrected chi connectivity index (χ4v) is 6.83. The minimum Gasteiger partial charge on any atom is -0.497 e. The number of carbonyl (C=O) groups excluding carboxylic acids is 2. The van der Waals surface area contributed by atoms with E-state index in [0.29, 0.717) is 16.3 Å². The van der Waals surface area contributed by atoms with Crippen LogP contribution < -0.4 is 10.1 Å². The van der Waals surface area contributed by atoms with Crippen molar-refractivity contribution < 1.29 is 27.5 Å². The lowest BCUT2D eigenvalue weighted by Crippen LogP contribution is -2.46. The van der Waals surface area contributed by atoms with Crippen LogP contribution in [0.3, 0.4) is 0 Å². The zero-order chi connectivity index (χ0) is 27.4. The molecule has 11 heteroatoms. The lowest BCUT2D eigenvalue weighted by atomic mass is 9.93. The van der Waals surface area contributed by atoms with Crippen LogP contribution in [-0.4, -0.2) is 44.9 Å². The third-order valence-corrected chi connectivity index (χ3v) is 8.83. The predicted molar refractivity (Wildman–Crippen MR) is 143 cm³/mol. The average Bonchev–Trinajstić information content (AvgIpc) is 3.34. The highest BCUT2D eigenvalue weighted by Gasteiger charge is 2.54. The standard InChI is InChI=1S/C27H26Cl2N2O6S/c1-36-21-12-6-17(7-13-21)16-30-26(32)24-15-23(27(33)37-2)25(18-8-10-19(28)11-9-18)31(24)38(34,35)22-5-3-4-20(29)14-22/h3-14,23-25H,15-16H2,1-2H3,(H,30,32). The van der Waals surface area contributed by atoms with Gasteiger partial charge >= 0.3 is 5.97 Å². The number of rotatable bonds is 8. The van der Waals surface area contributed by atoms with Crippen LogP contribution in [0.4, 0.5) is 0 Å². The molecule has 0 aliphatic carbocycles. The molecule has 1 saturated heterocycles. The molecular weight excluding hydrogens is 551 g/mol. The second kappa shape index (κ2) is 11.7. The van der Waals surface area contributed by atoms with Gasteiger partial charge in [0.2, 0.25) is 15.9 Å².